The van der Waals surface area contributed by atoms with Crippen LogP contribution in [0.3, 0.4) is 0 Å². The summed E-state index contributed by atoms with van der Waals surface area (Å²) in [5, 5.41) is 3.04. The smallest absolute Gasteiger partial charge is 0.381 e. The first-order valence-corrected chi connectivity index (χ1v) is 10.8. The fourth-order valence-electron chi connectivity index (χ4n) is 4.60. The molecule has 0 aliphatic carbocycles. The lowest BCUT2D eigenvalue weighted by atomic mass is 9.87. The molecule has 0 saturated carbocycles. The number of piperazine rings is 1. The van der Waals surface area contributed by atoms with Gasteiger partial charge in [-0.05, 0) is 30.5 Å². The molecule has 2 saturated heterocycles. The van der Waals surface area contributed by atoms with Gasteiger partial charge >= 0.3 is 6.18 Å². The van der Waals surface area contributed by atoms with Gasteiger partial charge in [-0.15, -0.1) is 0 Å². The number of hydrogen-bond donors (Lipinski definition) is 1. The number of alkyl halides is 3. The van der Waals surface area contributed by atoms with E-state index in [9.17, 15) is 13.2 Å². The second kappa shape index (κ2) is 9.54. The molecule has 0 amide bonds. The maximum atomic E-state index is 13.4. The third-order valence-electron chi connectivity index (χ3n) is 6.41. The molecule has 1 N–H and O–H groups in total. The number of rotatable bonds is 6. The van der Waals surface area contributed by atoms with Crippen LogP contribution in [-0.2, 0) is 17.5 Å². The summed E-state index contributed by atoms with van der Waals surface area (Å²) in [5.41, 5.74) is 0.357. The van der Waals surface area contributed by atoms with Gasteiger partial charge in [0.1, 0.15) is 5.82 Å². The molecule has 3 heterocycles. The molecule has 2 aliphatic rings. The number of benzene rings is 1. The molecule has 0 unspecified atom stereocenters. The van der Waals surface area contributed by atoms with Crippen molar-refractivity contribution in [1.82, 2.24) is 14.8 Å². The van der Waals surface area contributed by atoms with Gasteiger partial charge in [-0.1, -0.05) is 30.3 Å². The Hall–Kier alpha value is -2.16. The minimum Gasteiger partial charge on any atom is -0.381 e. The van der Waals surface area contributed by atoms with E-state index >= 15 is 0 Å². The van der Waals surface area contributed by atoms with E-state index in [0.717, 1.165) is 51.6 Å². The van der Waals surface area contributed by atoms with Crippen LogP contribution in [0.1, 0.15) is 24.0 Å². The number of anilines is 1. The van der Waals surface area contributed by atoms with Gasteiger partial charge in [0.15, 0.2) is 0 Å². The fourth-order valence-corrected chi connectivity index (χ4v) is 4.60. The van der Waals surface area contributed by atoms with Gasteiger partial charge < -0.3 is 10.1 Å². The number of halogens is 3. The van der Waals surface area contributed by atoms with E-state index in [4.69, 9.17) is 4.74 Å². The lowest BCUT2D eigenvalue weighted by Crippen LogP contribution is -2.61. The van der Waals surface area contributed by atoms with Crippen molar-refractivity contribution in [3.05, 3.63) is 59.8 Å². The predicted octanol–water partition coefficient (Wildman–Crippen LogP) is 3.88. The Kier molecular flexibility index (Phi) is 6.79. The van der Waals surface area contributed by atoms with Crippen molar-refractivity contribution in [1.29, 1.82) is 0 Å². The van der Waals surface area contributed by atoms with E-state index in [0.29, 0.717) is 19.8 Å². The first-order chi connectivity index (χ1) is 15.0. The molecule has 0 radical (unpaired) electrons. The normalized spacial score (nSPS) is 20.5. The third-order valence-corrected chi connectivity index (χ3v) is 6.41. The number of hydrogen-bond acceptors (Lipinski definition) is 5. The minimum atomic E-state index is -4.43. The van der Waals surface area contributed by atoms with Crippen LogP contribution in [0.2, 0.25) is 0 Å². The monoisotopic (exact) mass is 434 g/mol. The first-order valence-electron chi connectivity index (χ1n) is 10.8. The Bertz CT molecular complexity index is 832. The van der Waals surface area contributed by atoms with Gasteiger partial charge in [-0.2, -0.15) is 13.2 Å². The van der Waals surface area contributed by atoms with Crippen LogP contribution in [0, 0.1) is 0 Å². The number of aromatic nitrogens is 1. The Balaban J connectivity index is 1.42. The Labute approximate surface area is 181 Å². The molecule has 31 heavy (non-hydrogen) atoms. The van der Waals surface area contributed by atoms with E-state index in [1.54, 1.807) is 0 Å². The molecule has 5 nitrogen and oxygen atoms in total. The topological polar surface area (TPSA) is 40.6 Å². The van der Waals surface area contributed by atoms with Crippen molar-refractivity contribution in [3.63, 3.8) is 0 Å². The van der Waals surface area contributed by atoms with Gasteiger partial charge in [0.25, 0.3) is 0 Å². The number of nitrogens with zero attached hydrogens (tertiary/aromatic N) is 3. The van der Waals surface area contributed by atoms with Crippen LogP contribution in [0.15, 0.2) is 48.7 Å². The van der Waals surface area contributed by atoms with Gasteiger partial charge in [-0.3, -0.25) is 9.80 Å². The summed E-state index contributed by atoms with van der Waals surface area (Å²) in [6, 6.07) is 12.8. The quantitative estimate of drug-likeness (QED) is 0.747. The molecule has 0 atom stereocenters. The maximum absolute atomic E-state index is 13.4. The predicted molar refractivity (Wildman–Crippen MR) is 114 cm³/mol. The highest BCUT2D eigenvalue weighted by atomic mass is 19.4. The first kappa shape index (κ1) is 22.0. The summed E-state index contributed by atoms with van der Waals surface area (Å²) < 4.78 is 45.7. The number of nitrogens with one attached hydrogen (secondary N) is 1. The molecule has 8 heteroatoms. The van der Waals surface area contributed by atoms with Crippen molar-refractivity contribution >= 4 is 5.82 Å². The summed E-state index contributed by atoms with van der Waals surface area (Å²) in [7, 11) is 0. The van der Waals surface area contributed by atoms with Crippen molar-refractivity contribution in [2.24, 2.45) is 0 Å². The molecule has 1 aromatic carbocycles. The average Bonchev–Trinajstić information content (AvgIpc) is 2.79. The zero-order chi connectivity index (χ0) is 21.7. The van der Waals surface area contributed by atoms with E-state index in [2.05, 4.69) is 44.4 Å². The summed E-state index contributed by atoms with van der Waals surface area (Å²) in [6.07, 6.45) is -1.43. The molecular weight excluding hydrogens is 405 g/mol. The second-order valence-electron chi connectivity index (χ2n) is 8.34. The van der Waals surface area contributed by atoms with Crippen molar-refractivity contribution < 1.29 is 17.9 Å². The highest BCUT2D eigenvalue weighted by molar-refractivity contribution is 5.46. The van der Waals surface area contributed by atoms with Crippen LogP contribution < -0.4 is 5.32 Å². The molecule has 0 bridgehead atoms. The maximum Gasteiger partial charge on any atom is 0.419 e. The minimum absolute atomic E-state index is 0.0939. The number of pyridine rings is 1. The van der Waals surface area contributed by atoms with E-state index in [1.165, 1.54) is 17.8 Å². The molecular formula is C23H29F3N4O. The standard InChI is InChI=1S/C23H29F3N4O/c24-23(25,26)20-7-4-10-27-21(20)28-18-22(8-15-31-16-9-22)30-13-11-29(12-14-30)17-19-5-2-1-3-6-19/h1-7,10H,8-9,11-18H2,(H,27,28). The van der Waals surface area contributed by atoms with E-state index < -0.39 is 11.7 Å². The van der Waals surface area contributed by atoms with E-state index in [1.807, 2.05) is 6.07 Å². The molecule has 4 rings (SSSR count). The van der Waals surface area contributed by atoms with Gasteiger partial charge in [0.05, 0.1) is 5.56 Å². The number of ether oxygens (including phenoxy) is 1. The molecule has 2 fully saturated rings. The van der Waals surface area contributed by atoms with Crippen molar-refractivity contribution in [2.45, 2.75) is 31.1 Å². The Morgan fingerprint density at radius 2 is 1.68 bits per heavy atom. The van der Waals surface area contributed by atoms with Gasteiger partial charge in [0, 0.05) is 64.2 Å². The van der Waals surface area contributed by atoms with Crippen LogP contribution in [0.5, 0.6) is 0 Å². The summed E-state index contributed by atoms with van der Waals surface area (Å²) >= 11 is 0. The zero-order valence-corrected chi connectivity index (χ0v) is 17.6. The lowest BCUT2D eigenvalue weighted by Gasteiger charge is -2.50. The zero-order valence-electron chi connectivity index (χ0n) is 17.6. The largest absolute Gasteiger partial charge is 0.419 e. The molecule has 1 aromatic heterocycles. The second-order valence-corrected chi connectivity index (χ2v) is 8.34. The van der Waals surface area contributed by atoms with Crippen LogP contribution in [0.25, 0.3) is 0 Å². The Morgan fingerprint density at radius 3 is 2.35 bits per heavy atom. The van der Waals surface area contributed by atoms with Crippen LogP contribution in [-0.4, -0.2) is 66.3 Å². The van der Waals surface area contributed by atoms with Crippen molar-refractivity contribution in [3.8, 4) is 0 Å². The van der Waals surface area contributed by atoms with E-state index in [-0.39, 0.29) is 11.4 Å². The van der Waals surface area contributed by atoms with Crippen LogP contribution in [0.4, 0.5) is 19.0 Å². The van der Waals surface area contributed by atoms with Gasteiger partial charge in [-0.25, -0.2) is 4.98 Å². The molecule has 2 aliphatic heterocycles. The van der Waals surface area contributed by atoms with Crippen LogP contribution >= 0.6 is 0 Å². The lowest BCUT2D eigenvalue weighted by molar-refractivity contribution is -0.137. The average molecular weight is 435 g/mol. The summed E-state index contributed by atoms with van der Waals surface area (Å²) in [4.78, 5) is 8.86. The summed E-state index contributed by atoms with van der Waals surface area (Å²) in [5.74, 6) is -0.0939. The summed E-state index contributed by atoms with van der Waals surface area (Å²) in [6.45, 7) is 6.26. The van der Waals surface area contributed by atoms with Crippen molar-refractivity contribution in [2.75, 3.05) is 51.3 Å². The molecule has 2 aromatic rings. The molecule has 0 spiro atoms. The fraction of sp³-hybridized carbons (Fsp3) is 0.522. The Morgan fingerprint density at radius 1 is 0.968 bits per heavy atom. The van der Waals surface area contributed by atoms with Gasteiger partial charge in [0.2, 0.25) is 0 Å². The highest BCUT2D eigenvalue weighted by Gasteiger charge is 2.41. The molecule has 168 valence electrons. The third kappa shape index (κ3) is 5.37. The SMILES string of the molecule is FC(F)(F)c1cccnc1NCC1(N2CCN(Cc3ccccc3)CC2)CCOCC1. The highest BCUT2D eigenvalue weighted by Crippen LogP contribution is 2.35.